The number of likely N-dealkylation sites (N-methyl/N-ethyl adjacent to an activating group) is 1. The Morgan fingerprint density at radius 1 is 1.07 bits per heavy atom. The van der Waals surface area contributed by atoms with Gasteiger partial charge < -0.3 is 10.2 Å². The number of rotatable bonds is 7. The van der Waals surface area contributed by atoms with E-state index >= 15 is 0 Å². The molecule has 0 spiro atoms. The Hall–Kier alpha value is -3.22. The third-order valence-corrected chi connectivity index (χ3v) is 5.74. The zero-order chi connectivity index (χ0) is 20.9. The van der Waals surface area contributed by atoms with Crippen LogP contribution < -0.4 is 5.32 Å². The highest BCUT2D eigenvalue weighted by molar-refractivity contribution is 7.08. The van der Waals surface area contributed by atoms with Crippen molar-refractivity contribution in [1.82, 2.24) is 20.0 Å². The first kappa shape index (κ1) is 20.1. The lowest BCUT2D eigenvalue weighted by Crippen LogP contribution is -2.34. The molecular weight excluding hydrogens is 392 g/mol. The van der Waals surface area contributed by atoms with Gasteiger partial charge in [0.15, 0.2) is 0 Å². The predicted octanol–water partition coefficient (Wildman–Crippen LogP) is 4.63. The molecule has 0 radical (unpaired) electrons. The maximum absolute atomic E-state index is 13.2. The molecule has 30 heavy (non-hydrogen) atoms. The number of nitrogens with zero attached hydrogens (tertiary/aromatic N) is 3. The van der Waals surface area contributed by atoms with Gasteiger partial charge in [0.1, 0.15) is 5.69 Å². The van der Waals surface area contributed by atoms with Gasteiger partial charge in [0.05, 0.1) is 17.3 Å². The van der Waals surface area contributed by atoms with E-state index in [1.54, 1.807) is 16.0 Å². The summed E-state index contributed by atoms with van der Waals surface area (Å²) in [5.41, 5.74) is 4.27. The molecule has 0 aliphatic heterocycles. The molecule has 4 aromatic rings. The van der Waals surface area contributed by atoms with Crippen LogP contribution >= 0.6 is 11.3 Å². The van der Waals surface area contributed by atoms with Crippen molar-refractivity contribution < 1.29 is 4.79 Å². The molecule has 0 aliphatic carbocycles. The molecule has 1 amide bonds. The van der Waals surface area contributed by atoms with E-state index in [0.29, 0.717) is 17.8 Å². The van der Waals surface area contributed by atoms with E-state index in [1.165, 1.54) is 5.56 Å². The number of amides is 1. The quantitative estimate of drug-likeness (QED) is 0.478. The maximum Gasteiger partial charge on any atom is 0.255 e. The number of aromatic nitrogens is 2. The molecule has 5 nitrogen and oxygen atoms in total. The standard InChI is InChI=1S/C24H24N4OS/c1-27(2)22(19-13-14-30-17-19)15-25-24(29)21-16-28(20-11-7-4-8-12-20)26-23(21)18-9-5-3-6-10-18/h3-14,16-17,22H,15H2,1-2H3,(H,25,29)/t22-/m0/s1. The molecule has 0 bridgehead atoms. The summed E-state index contributed by atoms with van der Waals surface area (Å²) < 4.78 is 1.76. The molecule has 2 heterocycles. The van der Waals surface area contributed by atoms with E-state index in [4.69, 9.17) is 5.10 Å². The fraction of sp³-hybridized carbons (Fsp3) is 0.167. The second kappa shape index (κ2) is 9.07. The van der Waals surface area contributed by atoms with Gasteiger partial charge in [0.2, 0.25) is 0 Å². The van der Waals surface area contributed by atoms with Crippen molar-refractivity contribution in [3.63, 3.8) is 0 Å². The van der Waals surface area contributed by atoms with E-state index < -0.39 is 0 Å². The van der Waals surface area contributed by atoms with Crippen LogP contribution in [0.15, 0.2) is 83.7 Å². The average Bonchev–Trinajstić information content (AvgIpc) is 3.45. The van der Waals surface area contributed by atoms with Crippen molar-refractivity contribution in [2.45, 2.75) is 6.04 Å². The number of thiophene rings is 1. The number of benzene rings is 2. The lowest BCUT2D eigenvalue weighted by atomic mass is 10.1. The Kier molecular flexibility index (Phi) is 6.07. The van der Waals surface area contributed by atoms with Gasteiger partial charge in [-0.3, -0.25) is 4.79 Å². The van der Waals surface area contributed by atoms with E-state index in [-0.39, 0.29) is 11.9 Å². The van der Waals surface area contributed by atoms with Gasteiger partial charge >= 0.3 is 0 Å². The summed E-state index contributed by atoms with van der Waals surface area (Å²) in [7, 11) is 4.05. The molecule has 0 saturated heterocycles. The van der Waals surface area contributed by atoms with Crippen LogP contribution in [0.25, 0.3) is 16.9 Å². The zero-order valence-electron chi connectivity index (χ0n) is 17.0. The molecular formula is C24H24N4OS. The van der Waals surface area contributed by atoms with Gasteiger partial charge in [0, 0.05) is 18.3 Å². The van der Waals surface area contributed by atoms with E-state index in [0.717, 1.165) is 11.3 Å². The predicted molar refractivity (Wildman–Crippen MR) is 122 cm³/mol. The number of nitrogens with one attached hydrogen (secondary N) is 1. The fourth-order valence-electron chi connectivity index (χ4n) is 3.41. The highest BCUT2D eigenvalue weighted by Gasteiger charge is 2.21. The molecule has 0 unspecified atom stereocenters. The van der Waals surface area contributed by atoms with Crippen LogP contribution in [-0.4, -0.2) is 41.2 Å². The molecule has 6 heteroatoms. The van der Waals surface area contributed by atoms with Gasteiger partial charge in [-0.1, -0.05) is 48.5 Å². The first-order valence-electron chi connectivity index (χ1n) is 9.80. The molecule has 0 fully saturated rings. The van der Waals surface area contributed by atoms with Crippen LogP contribution in [-0.2, 0) is 0 Å². The van der Waals surface area contributed by atoms with Crippen molar-refractivity contribution in [2.75, 3.05) is 20.6 Å². The number of carbonyl (C=O) groups is 1. The summed E-state index contributed by atoms with van der Waals surface area (Å²) in [5, 5.41) is 12.0. The van der Waals surface area contributed by atoms with Crippen molar-refractivity contribution in [3.05, 3.63) is 94.8 Å². The molecule has 2 aromatic carbocycles. The Balaban J connectivity index is 1.63. The summed E-state index contributed by atoms with van der Waals surface area (Å²) in [6.07, 6.45) is 1.81. The molecule has 1 N–H and O–H groups in total. The zero-order valence-corrected chi connectivity index (χ0v) is 17.8. The van der Waals surface area contributed by atoms with Gasteiger partial charge in [-0.2, -0.15) is 16.4 Å². The van der Waals surface area contributed by atoms with Crippen LogP contribution in [0.4, 0.5) is 0 Å². The summed E-state index contributed by atoms with van der Waals surface area (Å²) in [6.45, 7) is 0.521. The molecule has 1 atom stereocenters. The normalized spacial score (nSPS) is 12.1. The van der Waals surface area contributed by atoms with E-state index in [1.807, 2.05) is 81.0 Å². The summed E-state index contributed by atoms with van der Waals surface area (Å²) in [5.74, 6) is -0.127. The van der Waals surface area contributed by atoms with Crippen LogP contribution in [0.5, 0.6) is 0 Å². The van der Waals surface area contributed by atoms with Gasteiger partial charge in [-0.25, -0.2) is 4.68 Å². The Labute approximate surface area is 180 Å². The van der Waals surface area contributed by atoms with E-state index in [9.17, 15) is 4.79 Å². The Morgan fingerprint density at radius 3 is 2.40 bits per heavy atom. The Morgan fingerprint density at radius 2 is 1.77 bits per heavy atom. The number of carbonyl (C=O) groups excluding carboxylic acids is 1. The lowest BCUT2D eigenvalue weighted by molar-refractivity contribution is 0.0942. The van der Waals surface area contributed by atoms with Crippen LogP contribution in [0.3, 0.4) is 0 Å². The molecule has 0 aliphatic rings. The van der Waals surface area contributed by atoms with Gasteiger partial charge in [-0.15, -0.1) is 0 Å². The maximum atomic E-state index is 13.2. The summed E-state index contributed by atoms with van der Waals surface area (Å²) in [4.78, 5) is 15.3. The average molecular weight is 417 g/mol. The third kappa shape index (κ3) is 4.35. The van der Waals surface area contributed by atoms with Crippen molar-refractivity contribution in [3.8, 4) is 16.9 Å². The lowest BCUT2D eigenvalue weighted by Gasteiger charge is -2.24. The second-order valence-corrected chi connectivity index (χ2v) is 8.06. The van der Waals surface area contributed by atoms with Crippen LogP contribution in [0, 0.1) is 0 Å². The summed E-state index contributed by atoms with van der Waals surface area (Å²) >= 11 is 1.66. The highest BCUT2D eigenvalue weighted by Crippen LogP contribution is 2.24. The fourth-order valence-corrected chi connectivity index (χ4v) is 4.12. The van der Waals surface area contributed by atoms with Crippen molar-refractivity contribution >= 4 is 17.2 Å². The monoisotopic (exact) mass is 416 g/mol. The first-order chi connectivity index (χ1) is 14.6. The van der Waals surface area contributed by atoms with Crippen molar-refractivity contribution in [1.29, 1.82) is 0 Å². The van der Waals surface area contributed by atoms with Gasteiger partial charge in [0.25, 0.3) is 5.91 Å². The van der Waals surface area contributed by atoms with Crippen molar-refractivity contribution in [2.24, 2.45) is 0 Å². The largest absolute Gasteiger partial charge is 0.350 e. The second-order valence-electron chi connectivity index (χ2n) is 7.28. The SMILES string of the molecule is CN(C)[C@@H](CNC(=O)c1cn(-c2ccccc2)nc1-c1ccccc1)c1ccsc1. The first-order valence-corrected chi connectivity index (χ1v) is 10.7. The smallest absolute Gasteiger partial charge is 0.255 e. The molecule has 4 rings (SSSR count). The van der Waals surface area contributed by atoms with Crippen LogP contribution in [0.1, 0.15) is 22.0 Å². The molecule has 152 valence electrons. The third-order valence-electron chi connectivity index (χ3n) is 5.03. The van der Waals surface area contributed by atoms with Gasteiger partial charge in [-0.05, 0) is 48.6 Å². The minimum atomic E-state index is -0.127. The highest BCUT2D eigenvalue weighted by atomic mass is 32.1. The topological polar surface area (TPSA) is 50.2 Å². The number of para-hydroxylation sites is 1. The summed E-state index contributed by atoms with van der Waals surface area (Å²) in [6, 6.07) is 21.9. The molecule has 2 aromatic heterocycles. The van der Waals surface area contributed by atoms with E-state index in [2.05, 4.69) is 27.0 Å². The minimum absolute atomic E-state index is 0.115. The Bertz CT molecular complexity index is 1090. The van der Waals surface area contributed by atoms with Crippen LogP contribution in [0.2, 0.25) is 0 Å². The molecule has 0 saturated carbocycles. The number of hydrogen-bond acceptors (Lipinski definition) is 4. The number of hydrogen-bond donors (Lipinski definition) is 1. The minimum Gasteiger partial charge on any atom is -0.350 e.